The van der Waals surface area contributed by atoms with Gasteiger partial charge in [0, 0.05) is 12.5 Å². The summed E-state index contributed by atoms with van der Waals surface area (Å²) in [5, 5.41) is 9.09. The molecule has 1 aliphatic rings. The fourth-order valence-electron chi connectivity index (χ4n) is 2.19. The molecule has 0 saturated heterocycles. The summed E-state index contributed by atoms with van der Waals surface area (Å²) in [5.74, 6) is 0.483. The highest BCUT2D eigenvalue weighted by Gasteiger charge is 2.20. The van der Waals surface area contributed by atoms with Crippen LogP contribution in [0.4, 0.5) is 0 Å². The van der Waals surface area contributed by atoms with Gasteiger partial charge in [-0.3, -0.25) is 0 Å². The second-order valence-corrected chi connectivity index (χ2v) is 4.16. The smallest absolute Gasteiger partial charge is 0.0496 e. The third-order valence-electron chi connectivity index (χ3n) is 3.27. The van der Waals surface area contributed by atoms with Crippen LogP contribution in [0.1, 0.15) is 52.4 Å². The van der Waals surface area contributed by atoms with Gasteiger partial charge in [-0.15, -0.1) is 0 Å². The van der Waals surface area contributed by atoms with Gasteiger partial charge >= 0.3 is 0 Å². The molecule has 0 aromatic rings. The van der Waals surface area contributed by atoms with E-state index in [4.69, 9.17) is 5.11 Å². The number of aliphatic hydroxyl groups is 1. The van der Waals surface area contributed by atoms with Gasteiger partial charge in [-0.1, -0.05) is 30.9 Å². The molecule has 1 rings (SSSR count). The van der Waals surface area contributed by atoms with Crippen LogP contribution in [-0.2, 0) is 0 Å². The monoisotopic (exact) mass is 182 g/mol. The van der Waals surface area contributed by atoms with E-state index >= 15 is 0 Å². The van der Waals surface area contributed by atoms with Crippen LogP contribution in [0.15, 0.2) is 11.1 Å². The van der Waals surface area contributed by atoms with Crippen molar-refractivity contribution < 1.29 is 5.11 Å². The van der Waals surface area contributed by atoms with Gasteiger partial charge < -0.3 is 5.11 Å². The minimum absolute atomic E-state index is 0.350. The summed E-state index contributed by atoms with van der Waals surface area (Å²) in [4.78, 5) is 0. The first kappa shape index (κ1) is 10.8. The Morgan fingerprint density at radius 3 is 2.69 bits per heavy atom. The highest BCUT2D eigenvalue weighted by atomic mass is 16.3. The number of rotatable bonds is 5. The SMILES string of the molecule is CCCCCC1=C(C)C(CO)CC1. The third kappa shape index (κ3) is 2.84. The van der Waals surface area contributed by atoms with Gasteiger partial charge in [0.15, 0.2) is 0 Å². The second-order valence-electron chi connectivity index (χ2n) is 4.16. The van der Waals surface area contributed by atoms with Crippen molar-refractivity contribution in [3.63, 3.8) is 0 Å². The van der Waals surface area contributed by atoms with Crippen molar-refractivity contribution in [3.8, 4) is 0 Å². The highest BCUT2D eigenvalue weighted by molar-refractivity contribution is 5.20. The molecule has 1 unspecified atom stereocenters. The van der Waals surface area contributed by atoms with E-state index in [9.17, 15) is 0 Å². The molecule has 1 nitrogen and oxygen atoms in total. The lowest BCUT2D eigenvalue weighted by molar-refractivity contribution is 0.246. The van der Waals surface area contributed by atoms with Crippen molar-refractivity contribution in [3.05, 3.63) is 11.1 Å². The van der Waals surface area contributed by atoms with E-state index in [1.807, 2.05) is 0 Å². The predicted molar refractivity (Wildman–Crippen MR) is 56.7 cm³/mol. The number of allylic oxidation sites excluding steroid dienone is 1. The summed E-state index contributed by atoms with van der Waals surface area (Å²) in [5.41, 5.74) is 3.12. The molecule has 1 atom stereocenters. The zero-order chi connectivity index (χ0) is 9.68. The number of hydrogen-bond donors (Lipinski definition) is 1. The number of aliphatic hydroxyl groups excluding tert-OH is 1. The largest absolute Gasteiger partial charge is 0.396 e. The van der Waals surface area contributed by atoms with Crippen LogP contribution in [0, 0.1) is 5.92 Å². The van der Waals surface area contributed by atoms with Crippen LogP contribution in [0.5, 0.6) is 0 Å². The normalized spacial score (nSPS) is 22.8. The van der Waals surface area contributed by atoms with E-state index in [0.717, 1.165) is 0 Å². The molecule has 1 N–H and O–H groups in total. The molecule has 0 amide bonds. The van der Waals surface area contributed by atoms with Crippen molar-refractivity contribution in [2.45, 2.75) is 52.4 Å². The quantitative estimate of drug-likeness (QED) is 0.511. The number of unbranched alkanes of at least 4 members (excludes halogenated alkanes) is 2. The molecule has 0 saturated carbocycles. The molecule has 0 spiro atoms. The van der Waals surface area contributed by atoms with Crippen LogP contribution in [0.3, 0.4) is 0 Å². The zero-order valence-electron chi connectivity index (χ0n) is 8.97. The molecule has 0 aliphatic heterocycles. The van der Waals surface area contributed by atoms with E-state index in [-0.39, 0.29) is 0 Å². The maximum Gasteiger partial charge on any atom is 0.0496 e. The van der Waals surface area contributed by atoms with Crippen LogP contribution in [0.2, 0.25) is 0 Å². The molecule has 13 heavy (non-hydrogen) atoms. The van der Waals surface area contributed by atoms with Crippen LogP contribution in [-0.4, -0.2) is 11.7 Å². The molecule has 1 heteroatoms. The molecule has 0 heterocycles. The van der Waals surface area contributed by atoms with Crippen molar-refractivity contribution in [2.75, 3.05) is 6.61 Å². The molecule has 0 fully saturated rings. The first-order chi connectivity index (χ1) is 6.29. The second kappa shape index (κ2) is 5.43. The van der Waals surface area contributed by atoms with Crippen molar-refractivity contribution in [2.24, 2.45) is 5.92 Å². The third-order valence-corrected chi connectivity index (χ3v) is 3.27. The van der Waals surface area contributed by atoms with Crippen molar-refractivity contribution >= 4 is 0 Å². The van der Waals surface area contributed by atoms with Gasteiger partial charge in [0.25, 0.3) is 0 Å². The van der Waals surface area contributed by atoms with Gasteiger partial charge in [-0.2, -0.15) is 0 Å². The first-order valence-electron chi connectivity index (χ1n) is 5.59. The van der Waals surface area contributed by atoms with Crippen molar-refractivity contribution in [1.82, 2.24) is 0 Å². The lowest BCUT2D eigenvalue weighted by Crippen LogP contribution is -2.02. The molecule has 0 aromatic carbocycles. The fourth-order valence-corrected chi connectivity index (χ4v) is 2.19. The van der Waals surface area contributed by atoms with E-state index in [1.54, 1.807) is 5.57 Å². The van der Waals surface area contributed by atoms with Crippen LogP contribution >= 0.6 is 0 Å². The van der Waals surface area contributed by atoms with Gasteiger partial charge in [0.05, 0.1) is 0 Å². The Balaban J connectivity index is 2.36. The molecular formula is C12H22O. The van der Waals surface area contributed by atoms with Gasteiger partial charge in [-0.05, 0) is 32.6 Å². The average Bonchev–Trinajstić information content (AvgIpc) is 2.48. The maximum absolute atomic E-state index is 9.09. The molecule has 0 aromatic heterocycles. The minimum atomic E-state index is 0.350. The van der Waals surface area contributed by atoms with Gasteiger partial charge in [0.1, 0.15) is 0 Å². The topological polar surface area (TPSA) is 20.2 Å². The molecular weight excluding hydrogens is 160 g/mol. The van der Waals surface area contributed by atoms with E-state index in [1.165, 1.54) is 44.1 Å². The maximum atomic E-state index is 9.09. The van der Waals surface area contributed by atoms with Crippen molar-refractivity contribution in [1.29, 1.82) is 0 Å². The zero-order valence-corrected chi connectivity index (χ0v) is 8.97. The van der Waals surface area contributed by atoms with Crippen LogP contribution < -0.4 is 0 Å². The fraction of sp³-hybridized carbons (Fsp3) is 0.833. The van der Waals surface area contributed by atoms with E-state index in [0.29, 0.717) is 12.5 Å². The van der Waals surface area contributed by atoms with E-state index < -0.39 is 0 Å². The summed E-state index contributed by atoms with van der Waals surface area (Å²) in [7, 11) is 0. The number of hydrogen-bond acceptors (Lipinski definition) is 1. The summed E-state index contributed by atoms with van der Waals surface area (Å²) in [6.45, 7) is 4.80. The Kier molecular flexibility index (Phi) is 4.51. The highest BCUT2D eigenvalue weighted by Crippen LogP contribution is 2.33. The van der Waals surface area contributed by atoms with Gasteiger partial charge in [-0.25, -0.2) is 0 Å². The summed E-state index contributed by atoms with van der Waals surface area (Å²) >= 11 is 0. The lowest BCUT2D eigenvalue weighted by atomic mass is 10.0. The predicted octanol–water partition coefficient (Wildman–Crippen LogP) is 3.29. The first-order valence-corrected chi connectivity index (χ1v) is 5.59. The molecule has 1 aliphatic carbocycles. The minimum Gasteiger partial charge on any atom is -0.396 e. The van der Waals surface area contributed by atoms with E-state index in [2.05, 4.69) is 13.8 Å². The molecule has 76 valence electrons. The summed E-state index contributed by atoms with van der Waals surface area (Å²) in [6.07, 6.45) is 7.68. The Bertz CT molecular complexity index is 182. The van der Waals surface area contributed by atoms with Gasteiger partial charge in [0.2, 0.25) is 0 Å². The Hall–Kier alpha value is -0.300. The molecule has 0 bridgehead atoms. The summed E-state index contributed by atoms with van der Waals surface area (Å²) in [6, 6.07) is 0. The molecule has 0 radical (unpaired) electrons. The Labute approximate surface area is 81.9 Å². The van der Waals surface area contributed by atoms with Crippen LogP contribution in [0.25, 0.3) is 0 Å². The Morgan fingerprint density at radius 2 is 2.15 bits per heavy atom. The lowest BCUT2D eigenvalue weighted by Gasteiger charge is -2.07. The standard InChI is InChI=1S/C12H22O/c1-3-4-5-6-11-7-8-12(9-13)10(11)2/h12-13H,3-9H2,1-2H3. The summed E-state index contributed by atoms with van der Waals surface area (Å²) < 4.78 is 0. The Morgan fingerprint density at radius 1 is 1.38 bits per heavy atom. The average molecular weight is 182 g/mol.